The van der Waals surface area contributed by atoms with Crippen LogP contribution in [0.25, 0.3) is 6.08 Å². The molecule has 0 aliphatic rings. The average molecular weight is 224 g/mol. The van der Waals surface area contributed by atoms with Gasteiger partial charge in [-0.1, -0.05) is 30.3 Å². The van der Waals surface area contributed by atoms with E-state index in [1.807, 2.05) is 6.07 Å². The van der Waals surface area contributed by atoms with Crippen molar-refractivity contribution in [1.82, 2.24) is 0 Å². The van der Waals surface area contributed by atoms with Gasteiger partial charge >= 0.3 is 29.6 Å². The van der Waals surface area contributed by atoms with E-state index in [0.717, 1.165) is 0 Å². The molecule has 6 heteroatoms. The first-order valence-corrected chi connectivity index (χ1v) is 4.74. The first-order chi connectivity index (χ1) is 5.58. The summed E-state index contributed by atoms with van der Waals surface area (Å²) in [5.74, 6) is 0. The molecule has 72 valence electrons. The van der Waals surface area contributed by atoms with Crippen molar-refractivity contribution in [1.29, 1.82) is 0 Å². The van der Waals surface area contributed by atoms with E-state index in [9.17, 15) is 13.0 Å². The summed E-state index contributed by atoms with van der Waals surface area (Å²) in [6.45, 7) is 0. The molecule has 0 aromatic heterocycles. The number of rotatable bonds is 2. The molecule has 1 rings (SSSR count). The fourth-order valence-corrected chi connectivity index (χ4v) is 1.05. The van der Waals surface area contributed by atoms with Crippen LogP contribution in [-0.4, -0.2) is 18.4 Å². The van der Waals surface area contributed by atoms with Crippen LogP contribution in [0.3, 0.4) is 0 Å². The summed E-state index contributed by atoms with van der Waals surface area (Å²) in [6.07, 6.45) is 1.27. The zero-order chi connectivity index (χ0) is 9.03. The molecule has 0 atom stereocenters. The molecule has 0 heterocycles. The maximum Gasteiger partial charge on any atom is 1.00 e. The fourth-order valence-electron chi connectivity index (χ4n) is 0.726. The van der Waals surface area contributed by atoms with Crippen LogP contribution in [0.5, 0.6) is 0 Å². The van der Waals surface area contributed by atoms with Gasteiger partial charge in [-0.05, 0) is 11.6 Å². The Kier molecular flexibility index (Phi) is 8.33. The second-order valence-corrected chi connectivity index (χ2v) is 3.46. The van der Waals surface area contributed by atoms with Crippen molar-refractivity contribution in [2.75, 3.05) is 0 Å². The Balaban J connectivity index is 0. The number of benzene rings is 1. The molecular formula is C8H9NaO4S. The van der Waals surface area contributed by atoms with Crippen LogP contribution in [0.1, 0.15) is 5.56 Å². The van der Waals surface area contributed by atoms with Gasteiger partial charge in [-0.2, -0.15) is 0 Å². The van der Waals surface area contributed by atoms with Crippen molar-refractivity contribution in [3.05, 3.63) is 41.3 Å². The zero-order valence-corrected chi connectivity index (χ0v) is 10.5. The van der Waals surface area contributed by atoms with Gasteiger partial charge in [-0.25, -0.2) is 8.42 Å². The normalized spacial score (nSPS) is 10.4. The van der Waals surface area contributed by atoms with Gasteiger partial charge in [0, 0.05) is 5.41 Å². The van der Waals surface area contributed by atoms with Crippen molar-refractivity contribution in [3.8, 4) is 0 Å². The molecule has 0 aliphatic carbocycles. The summed E-state index contributed by atoms with van der Waals surface area (Å²) in [7, 11) is -4.25. The molecule has 0 unspecified atom stereocenters. The van der Waals surface area contributed by atoms with Crippen LogP contribution >= 0.6 is 0 Å². The topological polar surface area (TPSA) is 88.7 Å². The Morgan fingerprint density at radius 1 is 1.14 bits per heavy atom. The average Bonchev–Trinajstić information content (AvgIpc) is 2.02. The zero-order valence-electron chi connectivity index (χ0n) is 7.67. The van der Waals surface area contributed by atoms with Gasteiger partial charge in [0.2, 0.25) is 0 Å². The second kappa shape index (κ2) is 7.17. The van der Waals surface area contributed by atoms with Crippen molar-refractivity contribution < 1.29 is 48.0 Å². The third kappa shape index (κ3) is 7.25. The third-order valence-electron chi connectivity index (χ3n) is 1.23. The van der Waals surface area contributed by atoms with E-state index in [-0.39, 0.29) is 35.0 Å². The number of hydrogen-bond acceptors (Lipinski definition) is 3. The second-order valence-electron chi connectivity index (χ2n) is 2.21. The molecule has 0 radical (unpaired) electrons. The van der Waals surface area contributed by atoms with Gasteiger partial charge in [0.15, 0.2) is 0 Å². The van der Waals surface area contributed by atoms with E-state index in [4.69, 9.17) is 0 Å². The minimum absolute atomic E-state index is 0. The van der Waals surface area contributed by atoms with E-state index in [2.05, 4.69) is 0 Å². The molecule has 0 bridgehead atoms. The Bertz CT molecular complexity index is 372. The molecule has 1 aromatic rings. The van der Waals surface area contributed by atoms with Gasteiger partial charge in [0.1, 0.15) is 10.1 Å². The Morgan fingerprint density at radius 2 is 1.64 bits per heavy atom. The van der Waals surface area contributed by atoms with Crippen LogP contribution < -0.4 is 29.6 Å². The van der Waals surface area contributed by atoms with E-state index in [1.54, 1.807) is 24.3 Å². The molecule has 0 saturated heterocycles. The van der Waals surface area contributed by atoms with Gasteiger partial charge < -0.3 is 10.0 Å². The fraction of sp³-hybridized carbons (Fsp3) is 0. The molecule has 0 fully saturated rings. The summed E-state index contributed by atoms with van der Waals surface area (Å²) >= 11 is 0. The first kappa shape index (κ1) is 16.3. The quantitative estimate of drug-likeness (QED) is 0.407. The first-order valence-electron chi connectivity index (χ1n) is 3.27. The van der Waals surface area contributed by atoms with E-state index in [1.165, 1.54) is 6.08 Å². The molecule has 2 N–H and O–H groups in total. The smallest absolute Gasteiger partial charge is 0.744 e. The van der Waals surface area contributed by atoms with Crippen molar-refractivity contribution in [3.63, 3.8) is 0 Å². The van der Waals surface area contributed by atoms with Crippen molar-refractivity contribution >= 4 is 16.2 Å². The molecular weight excluding hydrogens is 215 g/mol. The van der Waals surface area contributed by atoms with Gasteiger partial charge in [-0.3, -0.25) is 0 Å². The minimum atomic E-state index is -4.25. The van der Waals surface area contributed by atoms with Crippen LogP contribution in [0.2, 0.25) is 0 Å². The van der Waals surface area contributed by atoms with E-state index in [0.29, 0.717) is 11.0 Å². The molecule has 0 spiro atoms. The van der Waals surface area contributed by atoms with Gasteiger partial charge in [0.05, 0.1) is 0 Å². The monoisotopic (exact) mass is 224 g/mol. The van der Waals surface area contributed by atoms with Crippen molar-refractivity contribution in [2.24, 2.45) is 0 Å². The standard InChI is InChI=1S/C8H8O3S.Na.H2O/c9-12(10,11)7-6-8-4-2-1-3-5-8;;/h1-7H,(H,9,10,11);;1H2/q;+1;/p-1. The number of hydrogen-bond donors (Lipinski definition) is 0. The summed E-state index contributed by atoms with van der Waals surface area (Å²) in [5, 5.41) is 0.641. The predicted octanol–water partition coefficient (Wildman–Crippen LogP) is -2.62. The van der Waals surface area contributed by atoms with Gasteiger partial charge in [-0.15, -0.1) is 0 Å². The van der Waals surface area contributed by atoms with Crippen LogP contribution in [0, 0.1) is 0 Å². The predicted molar refractivity (Wildman–Crippen MR) is 48.8 cm³/mol. The molecule has 0 amide bonds. The largest absolute Gasteiger partial charge is 1.00 e. The minimum Gasteiger partial charge on any atom is -0.744 e. The summed E-state index contributed by atoms with van der Waals surface area (Å²) in [6, 6.07) is 8.75. The van der Waals surface area contributed by atoms with Crippen molar-refractivity contribution in [2.45, 2.75) is 0 Å². The van der Waals surface area contributed by atoms with E-state index >= 15 is 0 Å². The summed E-state index contributed by atoms with van der Waals surface area (Å²) in [4.78, 5) is 0. The van der Waals surface area contributed by atoms with Crippen LogP contribution in [0.4, 0.5) is 0 Å². The SMILES string of the molecule is O.O=S(=O)([O-])C=Cc1ccccc1.[Na+]. The van der Waals surface area contributed by atoms with Crippen LogP contribution in [-0.2, 0) is 10.1 Å². The summed E-state index contributed by atoms with van der Waals surface area (Å²) < 4.78 is 30.5. The Labute approximate surface area is 105 Å². The maximum atomic E-state index is 10.2. The molecule has 0 saturated carbocycles. The summed E-state index contributed by atoms with van der Waals surface area (Å²) in [5.41, 5.74) is 0.692. The third-order valence-corrected chi connectivity index (χ3v) is 1.70. The molecule has 4 nitrogen and oxygen atoms in total. The van der Waals surface area contributed by atoms with Gasteiger partial charge in [0.25, 0.3) is 0 Å². The molecule has 14 heavy (non-hydrogen) atoms. The van der Waals surface area contributed by atoms with Crippen LogP contribution in [0.15, 0.2) is 35.7 Å². The van der Waals surface area contributed by atoms with E-state index < -0.39 is 10.1 Å². The maximum absolute atomic E-state index is 10.2. The molecule has 0 aliphatic heterocycles. The Morgan fingerprint density at radius 3 is 2.07 bits per heavy atom. The Hall–Kier alpha value is -0.170. The molecule has 1 aromatic carbocycles.